The number of amides is 1. The van der Waals surface area contributed by atoms with Crippen LogP contribution in [0.3, 0.4) is 0 Å². The lowest BCUT2D eigenvalue weighted by Crippen LogP contribution is -2.36. The van der Waals surface area contributed by atoms with Crippen molar-refractivity contribution < 1.29 is 14.6 Å². The van der Waals surface area contributed by atoms with Crippen LogP contribution in [0.15, 0.2) is 54.6 Å². The Morgan fingerprint density at radius 3 is 2.52 bits per heavy atom. The topological polar surface area (TPSA) is 58.6 Å². The number of hydrogen-bond donors (Lipinski definition) is 2. The average molecular weight is 334 g/mol. The number of rotatable bonds is 7. The van der Waals surface area contributed by atoms with Gasteiger partial charge in [-0.15, -0.1) is 0 Å². The van der Waals surface area contributed by atoms with Gasteiger partial charge in [0.25, 0.3) is 0 Å². The molecule has 23 heavy (non-hydrogen) atoms. The van der Waals surface area contributed by atoms with Crippen molar-refractivity contribution in [3.8, 4) is 0 Å². The number of hydrogen-bond acceptors (Lipinski definition) is 3. The Labute approximate surface area is 141 Å². The highest BCUT2D eigenvalue weighted by molar-refractivity contribution is 6.31. The summed E-state index contributed by atoms with van der Waals surface area (Å²) in [6.45, 7) is 2.13. The van der Waals surface area contributed by atoms with E-state index >= 15 is 0 Å². The van der Waals surface area contributed by atoms with Gasteiger partial charge in [-0.25, -0.2) is 0 Å². The third-order valence-corrected chi connectivity index (χ3v) is 3.79. The fourth-order valence-corrected chi connectivity index (χ4v) is 2.33. The molecule has 0 aliphatic rings. The van der Waals surface area contributed by atoms with Crippen LogP contribution >= 0.6 is 11.6 Å². The van der Waals surface area contributed by atoms with E-state index in [1.165, 1.54) is 0 Å². The summed E-state index contributed by atoms with van der Waals surface area (Å²) in [5.74, 6) is -0.271. The molecule has 2 aromatic rings. The molecule has 0 heterocycles. The minimum Gasteiger partial charge on any atom is -0.387 e. The Hall–Kier alpha value is -1.88. The van der Waals surface area contributed by atoms with E-state index in [2.05, 4.69) is 5.32 Å². The molecule has 4 nitrogen and oxygen atoms in total. The van der Waals surface area contributed by atoms with Crippen LogP contribution in [0, 0.1) is 0 Å². The summed E-state index contributed by atoms with van der Waals surface area (Å²) in [4.78, 5) is 12.0. The van der Waals surface area contributed by atoms with E-state index < -0.39 is 12.2 Å². The fourth-order valence-electron chi connectivity index (χ4n) is 2.07. The SMILES string of the molecule is CC(OCc1ccccc1)C(=O)NCC(O)c1ccccc1Cl. The zero-order valence-corrected chi connectivity index (χ0v) is 13.7. The summed E-state index contributed by atoms with van der Waals surface area (Å²) < 4.78 is 5.53. The normalized spacial score (nSPS) is 13.3. The van der Waals surface area contributed by atoms with Crippen molar-refractivity contribution >= 4 is 17.5 Å². The Morgan fingerprint density at radius 1 is 1.17 bits per heavy atom. The standard InChI is InChI=1S/C18H20ClNO3/c1-13(23-12-14-7-3-2-4-8-14)18(22)20-11-17(21)15-9-5-6-10-16(15)19/h2-10,13,17,21H,11-12H2,1H3,(H,20,22). The van der Waals surface area contributed by atoms with Crippen LogP contribution in [0.5, 0.6) is 0 Å². The van der Waals surface area contributed by atoms with E-state index in [1.807, 2.05) is 30.3 Å². The van der Waals surface area contributed by atoms with Gasteiger partial charge in [-0.2, -0.15) is 0 Å². The number of ether oxygens (including phenoxy) is 1. The molecule has 0 bridgehead atoms. The summed E-state index contributed by atoms with van der Waals surface area (Å²) in [6.07, 6.45) is -1.46. The molecule has 122 valence electrons. The highest BCUT2D eigenvalue weighted by Gasteiger charge is 2.16. The minimum atomic E-state index is -0.853. The lowest BCUT2D eigenvalue weighted by molar-refractivity contribution is -0.132. The zero-order chi connectivity index (χ0) is 16.7. The number of aliphatic hydroxyl groups is 1. The highest BCUT2D eigenvalue weighted by atomic mass is 35.5. The van der Waals surface area contributed by atoms with Gasteiger partial charge < -0.3 is 15.2 Å². The molecule has 0 aliphatic heterocycles. The second kappa shape index (κ2) is 8.67. The maximum atomic E-state index is 12.0. The summed E-state index contributed by atoms with van der Waals surface area (Å²) in [7, 11) is 0. The van der Waals surface area contributed by atoms with E-state index in [4.69, 9.17) is 16.3 Å². The lowest BCUT2D eigenvalue weighted by atomic mass is 10.1. The van der Waals surface area contributed by atoms with E-state index in [1.54, 1.807) is 31.2 Å². The summed E-state index contributed by atoms with van der Waals surface area (Å²) >= 11 is 6.02. The Kier molecular flexibility index (Phi) is 6.59. The quantitative estimate of drug-likeness (QED) is 0.818. The molecular formula is C18H20ClNO3. The molecule has 2 N–H and O–H groups in total. The van der Waals surface area contributed by atoms with Gasteiger partial charge in [0.2, 0.25) is 5.91 Å². The molecule has 2 rings (SSSR count). The molecule has 0 saturated carbocycles. The van der Waals surface area contributed by atoms with Crippen LogP contribution in [0.4, 0.5) is 0 Å². The van der Waals surface area contributed by atoms with E-state index in [0.717, 1.165) is 5.56 Å². The largest absolute Gasteiger partial charge is 0.387 e. The van der Waals surface area contributed by atoms with Crippen molar-refractivity contribution in [2.24, 2.45) is 0 Å². The van der Waals surface area contributed by atoms with E-state index in [0.29, 0.717) is 17.2 Å². The molecule has 0 aliphatic carbocycles. The van der Waals surface area contributed by atoms with Gasteiger partial charge in [0.15, 0.2) is 0 Å². The first-order valence-electron chi connectivity index (χ1n) is 7.43. The second-order valence-corrected chi connectivity index (χ2v) is 5.63. The maximum Gasteiger partial charge on any atom is 0.248 e. The first-order valence-corrected chi connectivity index (χ1v) is 7.81. The van der Waals surface area contributed by atoms with Crippen LogP contribution in [0.2, 0.25) is 5.02 Å². The summed E-state index contributed by atoms with van der Waals surface area (Å²) in [5, 5.41) is 13.2. The first kappa shape index (κ1) is 17.5. The number of halogens is 1. The predicted octanol–water partition coefficient (Wildman–Crippen LogP) is 3.09. The average Bonchev–Trinajstić information content (AvgIpc) is 2.58. The van der Waals surface area contributed by atoms with E-state index in [9.17, 15) is 9.90 Å². The van der Waals surface area contributed by atoms with Crippen molar-refractivity contribution in [2.75, 3.05) is 6.54 Å². The van der Waals surface area contributed by atoms with Crippen molar-refractivity contribution in [2.45, 2.75) is 25.7 Å². The molecule has 2 aromatic carbocycles. The summed E-state index contributed by atoms with van der Waals surface area (Å²) in [5.41, 5.74) is 1.59. The monoisotopic (exact) mass is 333 g/mol. The number of benzene rings is 2. The highest BCUT2D eigenvalue weighted by Crippen LogP contribution is 2.21. The molecule has 1 amide bonds. The van der Waals surface area contributed by atoms with Gasteiger partial charge in [-0.1, -0.05) is 60.1 Å². The fraction of sp³-hybridized carbons (Fsp3) is 0.278. The summed E-state index contributed by atoms with van der Waals surface area (Å²) in [6, 6.07) is 16.6. The molecule has 2 unspecified atom stereocenters. The van der Waals surface area contributed by atoms with Gasteiger partial charge in [0.05, 0.1) is 12.7 Å². The van der Waals surface area contributed by atoms with E-state index in [-0.39, 0.29) is 12.5 Å². The molecular weight excluding hydrogens is 314 g/mol. The molecule has 0 saturated heterocycles. The van der Waals surface area contributed by atoms with Crippen LogP contribution < -0.4 is 5.32 Å². The molecule has 0 spiro atoms. The first-order chi connectivity index (χ1) is 11.1. The third-order valence-electron chi connectivity index (χ3n) is 3.45. The van der Waals surface area contributed by atoms with Crippen molar-refractivity contribution in [1.82, 2.24) is 5.32 Å². The molecule has 2 atom stereocenters. The minimum absolute atomic E-state index is 0.0849. The molecule has 0 aromatic heterocycles. The maximum absolute atomic E-state index is 12.0. The van der Waals surface area contributed by atoms with Crippen molar-refractivity contribution in [3.63, 3.8) is 0 Å². The predicted molar refractivity (Wildman–Crippen MR) is 90.1 cm³/mol. The Balaban J connectivity index is 1.78. The van der Waals surface area contributed by atoms with Gasteiger partial charge >= 0.3 is 0 Å². The number of nitrogens with one attached hydrogen (secondary N) is 1. The Bertz CT molecular complexity index is 633. The lowest BCUT2D eigenvalue weighted by Gasteiger charge is -2.17. The number of carbonyl (C=O) groups is 1. The van der Waals surface area contributed by atoms with Crippen LogP contribution in [0.1, 0.15) is 24.2 Å². The number of aliphatic hydroxyl groups excluding tert-OH is 1. The van der Waals surface area contributed by atoms with Gasteiger partial charge in [0.1, 0.15) is 6.10 Å². The van der Waals surface area contributed by atoms with Crippen LogP contribution in [-0.4, -0.2) is 23.7 Å². The number of carbonyl (C=O) groups excluding carboxylic acids is 1. The molecule has 0 radical (unpaired) electrons. The zero-order valence-electron chi connectivity index (χ0n) is 12.9. The molecule has 0 fully saturated rings. The molecule has 5 heteroatoms. The van der Waals surface area contributed by atoms with Gasteiger partial charge in [0, 0.05) is 17.1 Å². The van der Waals surface area contributed by atoms with Crippen LogP contribution in [0.25, 0.3) is 0 Å². The van der Waals surface area contributed by atoms with Crippen LogP contribution in [-0.2, 0) is 16.1 Å². The Morgan fingerprint density at radius 2 is 1.83 bits per heavy atom. The van der Waals surface area contributed by atoms with Crippen molar-refractivity contribution in [3.05, 3.63) is 70.7 Å². The van der Waals surface area contributed by atoms with Crippen molar-refractivity contribution in [1.29, 1.82) is 0 Å². The second-order valence-electron chi connectivity index (χ2n) is 5.22. The van der Waals surface area contributed by atoms with Gasteiger partial charge in [-0.05, 0) is 18.6 Å². The van der Waals surface area contributed by atoms with Gasteiger partial charge in [-0.3, -0.25) is 4.79 Å². The smallest absolute Gasteiger partial charge is 0.248 e. The third kappa shape index (κ3) is 5.36.